The normalized spacial score (nSPS) is 49.9. The maximum absolute atomic E-state index is 12.5. The molecule has 4 saturated carbocycles. The summed E-state index contributed by atoms with van der Waals surface area (Å²) in [5.41, 5.74) is -3.63. The fourth-order valence-electron chi connectivity index (χ4n) is 8.49. The van der Waals surface area contributed by atoms with Crippen LogP contribution in [0.1, 0.15) is 86.0 Å². The van der Waals surface area contributed by atoms with Gasteiger partial charge in [0, 0.05) is 31.1 Å². The maximum Gasteiger partial charge on any atom is 0.303 e. The number of esters is 2. The summed E-state index contributed by atoms with van der Waals surface area (Å²) in [5, 5.41) is 23.5. The lowest BCUT2D eigenvalue weighted by Gasteiger charge is -2.65. The van der Waals surface area contributed by atoms with Crippen LogP contribution < -0.4 is 0 Å². The van der Waals surface area contributed by atoms with E-state index < -0.39 is 40.2 Å². The molecule has 0 saturated heterocycles. The topological polar surface area (TPSA) is 110 Å². The van der Waals surface area contributed by atoms with Gasteiger partial charge in [-0.05, 0) is 69.6 Å². The molecule has 2 N–H and O–H groups in total. The number of Topliss-reactive ketones (excluding diaryl/α,β-unsaturated/α-hetero) is 1. The van der Waals surface area contributed by atoms with E-state index in [2.05, 4.69) is 6.92 Å². The van der Waals surface area contributed by atoms with Crippen molar-refractivity contribution in [3.05, 3.63) is 0 Å². The second kappa shape index (κ2) is 7.52. The lowest BCUT2D eigenvalue weighted by atomic mass is 9.42. The zero-order chi connectivity index (χ0) is 23.7. The number of hydrogen-bond acceptors (Lipinski definition) is 7. The van der Waals surface area contributed by atoms with Gasteiger partial charge in [-0.25, -0.2) is 0 Å². The van der Waals surface area contributed by atoms with Gasteiger partial charge >= 0.3 is 11.9 Å². The smallest absolute Gasteiger partial charge is 0.303 e. The predicted molar refractivity (Wildman–Crippen MR) is 115 cm³/mol. The molecule has 9 atom stereocenters. The Kier molecular flexibility index (Phi) is 5.57. The van der Waals surface area contributed by atoms with Crippen LogP contribution in [0.5, 0.6) is 0 Å². The third-order valence-corrected chi connectivity index (χ3v) is 10.2. The van der Waals surface area contributed by atoms with Crippen LogP contribution in [0, 0.1) is 28.6 Å². The molecule has 7 nitrogen and oxygen atoms in total. The van der Waals surface area contributed by atoms with E-state index in [1.807, 2.05) is 6.92 Å². The van der Waals surface area contributed by atoms with Crippen molar-refractivity contribution in [2.24, 2.45) is 28.6 Å². The van der Waals surface area contributed by atoms with Crippen molar-refractivity contribution in [1.29, 1.82) is 0 Å². The number of carbonyl (C=O) groups excluding carboxylic acids is 3. The number of carbonyl (C=O) groups is 3. The molecule has 0 amide bonds. The van der Waals surface area contributed by atoms with Crippen LogP contribution in [-0.4, -0.2) is 51.3 Å². The van der Waals surface area contributed by atoms with Crippen molar-refractivity contribution in [3.63, 3.8) is 0 Å². The Morgan fingerprint density at radius 1 is 0.812 bits per heavy atom. The Hall–Kier alpha value is -1.47. The van der Waals surface area contributed by atoms with E-state index in [0.29, 0.717) is 25.7 Å². The molecule has 4 aliphatic carbocycles. The van der Waals surface area contributed by atoms with Crippen molar-refractivity contribution in [1.82, 2.24) is 0 Å². The molecule has 0 aromatic carbocycles. The second-order valence-electron chi connectivity index (χ2n) is 11.4. The van der Waals surface area contributed by atoms with Gasteiger partial charge in [0.15, 0.2) is 5.78 Å². The lowest BCUT2D eigenvalue weighted by Crippen LogP contribution is -2.70. The van der Waals surface area contributed by atoms with Gasteiger partial charge in [0.2, 0.25) is 0 Å². The zero-order valence-corrected chi connectivity index (χ0v) is 20.0. The SMILES string of the molecule is CC(=O)O[C@@H]1CC[C@]2(C)[C@H]3CC[C@@]4(C)[C@@H](CC[C@]4(O)C(C)=O)[C@@H]3C[C@H](OC(C)=O)[C@@]2(O)C1. The summed E-state index contributed by atoms with van der Waals surface area (Å²) in [6.07, 6.45) is 3.71. The number of hydrogen-bond donors (Lipinski definition) is 2. The van der Waals surface area contributed by atoms with Gasteiger partial charge < -0.3 is 19.7 Å². The number of ketones is 1. The van der Waals surface area contributed by atoms with Crippen LogP contribution in [0.4, 0.5) is 0 Å². The first-order chi connectivity index (χ1) is 14.8. The number of rotatable bonds is 3. The molecule has 0 bridgehead atoms. The van der Waals surface area contributed by atoms with Crippen LogP contribution in [0.3, 0.4) is 0 Å². The molecule has 0 heterocycles. The number of aliphatic hydroxyl groups is 2. The summed E-state index contributed by atoms with van der Waals surface area (Å²) >= 11 is 0. The molecule has 4 rings (SSSR count). The van der Waals surface area contributed by atoms with Crippen LogP contribution in [0.25, 0.3) is 0 Å². The summed E-state index contributed by atoms with van der Waals surface area (Å²) in [6, 6.07) is 0. The zero-order valence-electron chi connectivity index (χ0n) is 20.0. The van der Waals surface area contributed by atoms with Crippen molar-refractivity contribution in [3.8, 4) is 0 Å². The first-order valence-electron chi connectivity index (χ1n) is 12.1. The number of fused-ring (bicyclic) bond motifs is 5. The minimum Gasteiger partial charge on any atom is -0.462 e. The highest BCUT2D eigenvalue weighted by atomic mass is 16.6. The standard InChI is InChI=1S/C25H38O7/c1-14(26)24(29)11-8-20-18-12-21(32-16(3)28)25(30)13-17(31-15(2)27)6-9-23(25,5)19(18)7-10-22(20,24)4/h17-21,29-30H,6-13H2,1-5H3/t17-,18-,19+,20+,21+,22+,23-,24+,25+/m1/s1. The molecule has 32 heavy (non-hydrogen) atoms. The summed E-state index contributed by atoms with van der Waals surface area (Å²) in [4.78, 5) is 36.1. The summed E-state index contributed by atoms with van der Waals surface area (Å²) in [6.45, 7) is 8.35. The summed E-state index contributed by atoms with van der Waals surface area (Å²) in [7, 11) is 0. The van der Waals surface area contributed by atoms with E-state index in [-0.39, 0.29) is 35.9 Å². The van der Waals surface area contributed by atoms with E-state index in [1.54, 1.807) is 0 Å². The third-order valence-electron chi connectivity index (χ3n) is 10.2. The maximum atomic E-state index is 12.5. The highest BCUT2D eigenvalue weighted by Crippen LogP contribution is 2.69. The highest BCUT2D eigenvalue weighted by Gasteiger charge is 2.71. The average molecular weight is 451 g/mol. The van der Waals surface area contributed by atoms with Gasteiger partial charge in [0.1, 0.15) is 23.4 Å². The van der Waals surface area contributed by atoms with E-state index in [1.165, 1.54) is 20.8 Å². The molecule has 0 unspecified atom stereocenters. The van der Waals surface area contributed by atoms with Crippen LogP contribution in [0.2, 0.25) is 0 Å². The molecule has 4 fully saturated rings. The molecular weight excluding hydrogens is 412 g/mol. The molecule has 0 aromatic rings. The predicted octanol–water partition coefficient (Wildman–Crippen LogP) is 2.94. The van der Waals surface area contributed by atoms with Gasteiger partial charge in [0.25, 0.3) is 0 Å². The first-order valence-corrected chi connectivity index (χ1v) is 12.1. The molecule has 0 aromatic heterocycles. The molecule has 0 radical (unpaired) electrons. The summed E-state index contributed by atoms with van der Waals surface area (Å²) in [5.74, 6) is -0.530. The molecule has 0 spiro atoms. The van der Waals surface area contributed by atoms with E-state index in [9.17, 15) is 24.6 Å². The molecule has 0 aliphatic heterocycles. The van der Waals surface area contributed by atoms with Crippen molar-refractivity contribution >= 4 is 17.7 Å². The Morgan fingerprint density at radius 2 is 1.38 bits per heavy atom. The van der Waals surface area contributed by atoms with Crippen molar-refractivity contribution in [2.75, 3.05) is 0 Å². The van der Waals surface area contributed by atoms with Crippen LogP contribution in [0.15, 0.2) is 0 Å². The lowest BCUT2D eigenvalue weighted by molar-refractivity contribution is -0.273. The quantitative estimate of drug-likeness (QED) is 0.636. The Balaban J connectivity index is 1.72. The van der Waals surface area contributed by atoms with Crippen LogP contribution >= 0.6 is 0 Å². The van der Waals surface area contributed by atoms with E-state index in [0.717, 1.165) is 19.3 Å². The largest absolute Gasteiger partial charge is 0.462 e. The average Bonchev–Trinajstić information content (AvgIpc) is 2.96. The Labute approximate surface area is 190 Å². The minimum atomic E-state index is -1.32. The second-order valence-corrected chi connectivity index (χ2v) is 11.4. The van der Waals surface area contributed by atoms with Gasteiger partial charge in [-0.1, -0.05) is 13.8 Å². The van der Waals surface area contributed by atoms with Crippen LogP contribution in [-0.2, 0) is 23.9 Å². The van der Waals surface area contributed by atoms with Gasteiger partial charge in [-0.2, -0.15) is 0 Å². The highest BCUT2D eigenvalue weighted by molar-refractivity contribution is 5.86. The van der Waals surface area contributed by atoms with Gasteiger partial charge in [-0.15, -0.1) is 0 Å². The Morgan fingerprint density at radius 3 is 1.97 bits per heavy atom. The summed E-state index contributed by atoms with van der Waals surface area (Å²) < 4.78 is 11.2. The number of ether oxygens (including phenoxy) is 2. The molecule has 4 aliphatic rings. The molecular formula is C25H38O7. The minimum absolute atomic E-state index is 0.126. The van der Waals surface area contributed by atoms with Gasteiger partial charge in [-0.3, -0.25) is 14.4 Å². The fraction of sp³-hybridized carbons (Fsp3) is 0.880. The van der Waals surface area contributed by atoms with Crippen molar-refractivity contribution in [2.45, 2.75) is 109 Å². The molecule has 7 heteroatoms. The van der Waals surface area contributed by atoms with Gasteiger partial charge in [0.05, 0.1) is 0 Å². The third kappa shape index (κ3) is 3.10. The molecule has 180 valence electrons. The monoisotopic (exact) mass is 450 g/mol. The fourth-order valence-corrected chi connectivity index (χ4v) is 8.49. The van der Waals surface area contributed by atoms with E-state index in [4.69, 9.17) is 9.47 Å². The first kappa shape index (κ1) is 23.7. The van der Waals surface area contributed by atoms with Crippen molar-refractivity contribution < 1.29 is 34.1 Å². The van der Waals surface area contributed by atoms with E-state index >= 15 is 0 Å². The Bertz CT molecular complexity index is 825.